The zero-order chi connectivity index (χ0) is 13.5. The first kappa shape index (κ1) is 14.7. The molecular weight excluding hydrogens is 272 g/mol. The van der Waals surface area contributed by atoms with Crippen molar-refractivity contribution in [2.24, 2.45) is 0 Å². The standard InChI is InChI=1S/C15H22N2S2/c1-17(2)9-5-8-16-14(15-7-4-11-19-15)12-13-6-3-10-18-13/h3-4,6-7,10-11,14,16H,5,8-9,12H2,1-2H3. The van der Waals surface area contributed by atoms with E-state index in [1.807, 2.05) is 22.7 Å². The lowest BCUT2D eigenvalue weighted by atomic mass is 10.1. The second kappa shape index (κ2) is 7.80. The maximum Gasteiger partial charge on any atom is 0.0463 e. The van der Waals surface area contributed by atoms with Gasteiger partial charge in [0.15, 0.2) is 0 Å². The Hall–Kier alpha value is -0.680. The zero-order valence-corrected chi connectivity index (χ0v) is 13.3. The number of hydrogen-bond acceptors (Lipinski definition) is 4. The summed E-state index contributed by atoms with van der Waals surface area (Å²) < 4.78 is 0. The van der Waals surface area contributed by atoms with Crippen LogP contribution in [-0.4, -0.2) is 32.1 Å². The van der Waals surface area contributed by atoms with Crippen molar-refractivity contribution >= 4 is 22.7 Å². The van der Waals surface area contributed by atoms with Crippen LogP contribution in [0.1, 0.15) is 22.2 Å². The number of thiophene rings is 2. The number of nitrogens with zero attached hydrogens (tertiary/aromatic N) is 1. The summed E-state index contributed by atoms with van der Waals surface area (Å²) in [6.07, 6.45) is 2.29. The van der Waals surface area contributed by atoms with E-state index in [2.05, 4.69) is 59.3 Å². The van der Waals surface area contributed by atoms with Gasteiger partial charge in [0.2, 0.25) is 0 Å². The van der Waals surface area contributed by atoms with Crippen molar-refractivity contribution < 1.29 is 0 Å². The van der Waals surface area contributed by atoms with E-state index in [1.165, 1.54) is 16.2 Å². The monoisotopic (exact) mass is 294 g/mol. The minimum atomic E-state index is 0.459. The molecule has 0 aliphatic carbocycles. The molecule has 0 aliphatic heterocycles. The maximum absolute atomic E-state index is 3.71. The lowest BCUT2D eigenvalue weighted by Gasteiger charge is -2.18. The third-order valence-electron chi connectivity index (χ3n) is 3.04. The quantitative estimate of drug-likeness (QED) is 0.748. The summed E-state index contributed by atoms with van der Waals surface area (Å²) in [6.45, 7) is 2.22. The lowest BCUT2D eigenvalue weighted by Crippen LogP contribution is -2.26. The van der Waals surface area contributed by atoms with Gasteiger partial charge < -0.3 is 10.2 Å². The molecule has 0 spiro atoms. The molecule has 0 radical (unpaired) electrons. The summed E-state index contributed by atoms with van der Waals surface area (Å²) in [4.78, 5) is 5.14. The SMILES string of the molecule is CN(C)CCCNC(Cc1cccs1)c1cccs1. The Kier molecular flexibility index (Phi) is 6.04. The number of rotatable bonds is 8. The molecule has 0 aromatic carbocycles. The van der Waals surface area contributed by atoms with Crippen LogP contribution in [0, 0.1) is 0 Å². The molecule has 1 N–H and O–H groups in total. The van der Waals surface area contributed by atoms with E-state index in [4.69, 9.17) is 0 Å². The fraction of sp³-hybridized carbons (Fsp3) is 0.467. The molecule has 0 bridgehead atoms. The minimum absolute atomic E-state index is 0.459. The highest BCUT2D eigenvalue weighted by atomic mass is 32.1. The molecule has 19 heavy (non-hydrogen) atoms. The second-order valence-electron chi connectivity index (χ2n) is 4.96. The van der Waals surface area contributed by atoms with Crippen LogP contribution in [0.2, 0.25) is 0 Å². The van der Waals surface area contributed by atoms with Crippen LogP contribution in [-0.2, 0) is 6.42 Å². The Morgan fingerprint density at radius 3 is 2.58 bits per heavy atom. The summed E-state index contributed by atoms with van der Waals surface area (Å²) in [6, 6.07) is 9.20. The second-order valence-corrected chi connectivity index (χ2v) is 6.97. The molecule has 104 valence electrons. The summed E-state index contributed by atoms with van der Waals surface area (Å²) in [5, 5.41) is 8.03. The van der Waals surface area contributed by atoms with Gasteiger partial charge in [0, 0.05) is 22.2 Å². The maximum atomic E-state index is 3.71. The number of nitrogens with one attached hydrogen (secondary N) is 1. The van der Waals surface area contributed by atoms with Gasteiger partial charge in [-0.1, -0.05) is 12.1 Å². The molecule has 2 nitrogen and oxygen atoms in total. The molecule has 1 atom stereocenters. The zero-order valence-electron chi connectivity index (χ0n) is 11.6. The highest BCUT2D eigenvalue weighted by Crippen LogP contribution is 2.24. The van der Waals surface area contributed by atoms with Crippen molar-refractivity contribution in [3.63, 3.8) is 0 Å². The molecule has 2 aromatic rings. The topological polar surface area (TPSA) is 15.3 Å². The van der Waals surface area contributed by atoms with E-state index in [-0.39, 0.29) is 0 Å². The minimum Gasteiger partial charge on any atom is -0.309 e. The van der Waals surface area contributed by atoms with Gasteiger partial charge in [0.25, 0.3) is 0 Å². The van der Waals surface area contributed by atoms with Gasteiger partial charge in [0.05, 0.1) is 0 Å². The van der Waals surface area contributed by atoms with E-state index >= 15 is 0 Å². The highest BCUT2D eigenvalue weighted by molar-refractivity contribution is 7.10. The van der Waals surface area contributed by atoms with Crippen molar-refractivity contribution in [2.75, 3.05) is 27.2 Å². The van der Waals surface area contributed by atoms with Crippen LogP contribution in [0.15, 0.2) is 35.0 Å². The van der Waals surface area contributed by atoms with E-state index in [1.54, 1.807) is 0 Å². The van der Waals surface area contributed by atoms with Crippen LogP contribution >= 0.6 is 22.7 Å². The molecule has 2 heterocycles. The summed E-state index contributed by atoms with van der Waals surface area (Å²) in [5.41, 5.74) is 0. The van der Waals surface area contributed by atoms with Crippen LogP contribution < -0.4 is 5.32 Å². The van der Waals surface area contributed by atoms with Crippen molar-refractivity contribution in [1.82, 2.24) is 10.2 Å². The Labute approximate surface area is 124 Å². The first-order valence-electron chi connectivity index (χ1n) is 6.69. The van der Waals surface area contributed by atoms with Crippen LogP contribution in [0.3, 0.4) is 0 Å². The van der Waals surface area contributed by atoms with Gasteiger partial charge in [-0.2, -0.15) is 0 Å². The molecule has 0 saturated carbocycles. The van der Waals surface area contributed by atoms with Crippen molar-refractivity contribution in [3.8, 4) is 0 Å². The summed E-state index contributed by atoms with van der Waals surface area (Å²) >= 11 is 3.70. The molecule has 2 aromatic heterocycles. The molecule has 2 rings (SSSR count). The highest BCUT2D eigenvalue weighted by Gasteiger charge is 2.13. The van der Waals surface area contributed by atoms with Gasteiger partial charge in [-0.15, -0.1) is 22.7 Å². The van der Waals surface area contributed by atoms with Crippen LogP contribution in [0.25, 0.3) is 0 Å². The van der Waals surface area contributed by atoms with Gasteiger partial charge in [-0.3, -0.25) is 0 Å². The Morgan fingerprint density at radius 1 is 1.16 bits per heavy atom. The largest absolute Gasteiger partial charge is 0.309 e. The van der Waals surface area contributed by atoms with E-state index in [9.17, 15) is 0 Å². The lowest BCUT2D eigenvalue weighted by molar-refractivity contribution is 0.387. The first-order valence-corrected chi connectivity index (χ1v) is 8.45. The van der Waals surface area contributed by atoms with Gasteiger partial charge in [-0.25, -0.2) is 0 Å². The van der Waals surface area contributed by atoms with Gasteiger partial charge in [-0.05, 0) is 56.5 Å². The third-order valence-corrected chi connectivity index (χ3v) is 4.93. The third kappa shape index (κ3) is 5.07. The Morgan fingerprint density at radius 2 is 1.95 bits per heavy atom. The summed E-state index contributed by atoms with van der Waals surface area (Å²) in [7, 11) is 4.25. The van der Waals surface area contributed by atoms with Crippen molar-refractivity contribution in [3.05, 3.63) is 44.8 Å². The van der Waals surface area contributed by atoms with E-state index in [0.29, 0.717) is 6.04 Å². The summed E-state index contributed by atoms with van der Waals surface area (Å²) in [5.74, 6) is 0. The Balaban J connectivity index is 1.88. The molecule has 0 aliphatic rings. The smallest absolute Gasteiger partial charge is 0.0463 e. The molecule has 1 unspecified atom stereocenters. The molecule has 0 saturated heterocycles. The fourth-order valence-corrected chi connectivity index (χ4v) is 3.62. The Bertz CT molecular complexity index is 435. The van der Waals surface area contributed by atoms with Crippen LogP contribution in [0.4, 0.5) is 0 Å². The van der Waals surface area contributed by atoms with E-state index in [0.717, 1.165) is 19.5 Å². The first-order chi connectivity index (χ1) is 9.25. The fourth-order valence-electron chi connectivity index (χ4n) is 2.06. The average Bonchev–Trinajstić information content (AvgIpc) is 3.05. The van der Waals surface area contributed by atoms with Gasteiger partial charge >= 0.3 is 0 Å². The van der Waals surface area contributed by atoms with E-state index < -0.39 is 0 Å². The molecular formula is C15H22N2S2. The van der Waals surface area contributed by atoms with Crippen molar-refractivity contribution in [2.45, 2.75) is 18.9 Å². The molecule has 0 amide bonds. The predicted octanol–water partition coefficient (Wildman–Crippen LogP) is 3.63. The molecule has 4 heteroatoms. The van der Waals surface area contributed by atoms with Crippen molar-refractivity contribution in [1.29, 1.82) is 0 Å². The number of hydrogen-bond donors (Lipinski definition) is 1. The average molecular weight is 294 g/mol. The van der Waals surface area contributed by atoms with Crippen LogP contribution in [0.5, 0.6) is 0 Å². The predicted molar refractivity (Wildman–Crippen MR) is 86.3 cm³/mol. The molecule has 0 fully saturated rings. The normalized spacial score (nSPS) is 13.0. The van der Waals surface area contributed by atoms with Gasteiger partial charge in [0.1, 0.15) is 0 Å².